The van der Waals surface area contributed by atoms with Crippen molar-refractivity contribution in [2.45, 2.75) is 66.0 Å². The highest BCUT2D eigenvalue weighted by atomic mass is 35.5. The van der Waals surface area contributed by atoms with Crippen molar-refractivity contribution in [1.82, 2.24) is 99.9 Å². The minimum absolute atomic E-state index is 0.0337. The summed E-state index contributed by atoms with van der Waals surface area (Å²) in [6.07, 6.45) is 16.1. The molecule has 123 heavy (non-hydrogen) atoms. The van der Waals surface area contributed by atoms with Gasteiger partial charge in [0.15, 0.2) is 17.2 Å². The van der Waals surface area contributed by atoms with Gasteiger partial charge >= 0.3 is 12.0 Å². The smallest absolute Gasteiger partial charge is 0.319 e. The Hall–Kier alpha value is -13.0. The number of hydrogen-bond donors (Lipinski definition) is 3. The van der Waals surface area contributed by atoms with Crippen LogP contribution < -0.4 is 43.3 Å². The van der Waals surface area contributed by atoms with Crippen LogP contribution >= 0.6 is 34.8 Å². The van der Waals surface area contributed by atoms with E-state index in [1.165, 1.54) is 55.0 Å². The molecule has 4 amide bonds. The average molecular weight is 1740 g/mol. The molecule has 1 unspecified atom stereocenters. The second-order valence-electron chi connectivity index (χ2n) is 31.2. The Morgan fingerprint density at radius 2 is 0.902 bits per heavy atom. The first-order chi connectivity index (χ1) is 59.3. The lowest BCUT2D eigenvalue weighted by molar-refractivity contribution is -0.128. The molecule has 15 heterocycles. The monoisotopic (exact) mass is 1740 g/mol. The number of allylic oxidation sites excluding steroid dienone is 1. The maximum absolute atomic E-state index is 14.6. The van der Waals surface area contributed by atoms with Gasteiger partial charge in [0.2, 0.25) is 47.2 Å². The highest BCUT2D eigenvalue weighted by Crippen LogP contribution is 2.47. The number of fused-ring (bicyclic) bond motifs is 6. The summed E-state index contributed by atoms with van der Waals surface area (Å²) >= 11 is 19.0. The van der Waals surface area contributed by atoms with Crippen LogP contribution in [0.2, 0.25) is 15.1 Å². The van der Waals surface area contributed by atoms with E-state index in [0.717, 1.165) is 49.3 Å². The summed E-state index contributed by atoms with van der Waals surface area (Å²) in [4.78, 5) is 108. The molecule has 0 spiro atoms. The number of nitrogens with one attached hydrogen (secondary N) is 3. The number of anilines is 4. The fraction of sp³-hybridized carbons (Fsp3) is 0.357. The standard InChI is InChI=1S/C29H30ClFN8O3.C28H28ClFN8O4.C27H28ClFN8O2/c1-4-23(40)37-10-12-38(13-11-37)27-19-7-8-32-28(42-26-20-15-33-36-22(20)14-21(31)24(26)30)25(19)34-29(35-27)41-16-18-6-5-9-39(18)17(2)3;1-3-22(40)36-8-10-37(11-9-36)26-18-4-6-31-27(42-25-19-13-32-35-21(19)12-20(30)23(25)29)24(18)33-28(34-26)41-15-17-5-7-38(14-17)16(2)39;1-5-20(38)35-8-10-36(11-9-35)24-16-6-7-30-25(22(16)32-26(33-24)37-14-27(3,4)15(37)2)39-23-17-13-31-34-19(17)12-18(29)21(23)28/h4,7-8,14-15,18H,1-2,5-6,9-13,16H2,3H3,(H,33,36);3-4,6,12-13,17H,1,5,7-11,14-15H2,2H3,(H,32,35);5-7,12-13,15H,1,8-11,14H2,2-4H3,(H,31,34)/t18-;;15-/m1.0/s1. The van der Waals surface area contributed by atoms with E-state index < -0.39 is 17.5 Å². The van der Waals surface area contributed by atoms with Gasteiger partial charge in [-0.25, -0.2) is 33.1 Å². The highest BCUT2D eigenvalue weighted by molar-refractivity contribution is 6.34. The second-order valence-corrected chi connectivity index (χ2v) is 32.3. The van der Waals surface area contributed by atoms with Gasteiger partial charge in [-0.15, -0.1) is 0 Å². The van der Waals surface area contributed by atoms with E-state index >= 15 is 0 Å². The molecule has 638 valence electrons. The predicted octanol–water partition coefficient (Wildman–Crippen LogP) is 12.8. The van der Waals surface area contributed by atoms with Crippen LogP contribution in [0.1, 0.15) is 53.9 Å². The van der Waals surface area contributed by atoms with E-state index in [2.05, 4.69) is 117 Å². The molecule has 0 aliphatic carbocycles. The van der Waals surface area contributed by atoms with Crippen molar-refractivity contribution in [2.75, 3.05) is 138 Å². The van der Waals surface area contributed by atoms with E-state index in [9.17, 15) is 32.3 Å². The third-order valence-electron chi connectivity index (χ3n) is 23.1. The molecule has 12 aromatic rings. The molecule has 39 heteroatoms. The first-order valence-corrected chi connectivity index (χ1v) is 41.1. The Labute approximate surface area is 717 Å². The SMILES string of the molecule is C=CC(=O)N1CCN(c2nc(N3CC(C)(C)[C@@H]3C)nc3c(Oc4c(Cl)c(F)cc5[nH]ncc45)nccc23)CC1.C=CC(=O)N1CCN(c2nc(OCC3CCN(C(C)=O)C3)nc3c(Oc4c(Cl)c(F)cc5[nH]ncc45)nccc23)CC1.C=CC(=O)N1CCN(c2nc(OC[C@H]3CCCN3C(=C)C)nc3c(Oc4c(Cl)c(F)cc5[nH]ncc45)nccc23)CC1. The third kappa shape index (κ3) is 17.0. The molecule has 6 aliphatic rings. The summed E-state index contributed by atoms with van der Waals surface area (Å²) in [7, 11) is 0. The molecule has 6 fully saturated rings. The van der Waals surface area contributed by atoms with Crippen LogP contribution in [0, 0.1) is 28.8 Å². The number of H-pyrrole nitrogens is 3. The minimum Gasteiger partial charge on any atom is -0.463 e. The molecular weight excluding hydrogens is 1650 g/mol. The zero-order valence-corrected chi connectivity index (χ0v) is 70.2. The van der Waals surface area contributed by atoms with Crippen molar-refractivity contribution in [3.05, 3.63) is 156 Å². The van der Waals surface area contributed by atoms with E-state index in [0.29, 0.717) is 182 Å². The Morgan fingerprint density at radius 3 is 1.27 bits per heavy atom. The van der Waals surface area contributed by atoms with E-state index in [-0.39, 0.29) is 109 Å². The van der Waals surface area contributed by atoms with Crippen LogP contribution in [-0.4, -0.2) is 254 Å². The van der Waals surface area contributed by atoms with Crippen LogP contribution in [0.25, 0.3) is 65.4 Å². The van der Waals surface area contributed by atoms with Crippen LogP contribution in [0.3, 0.4) is 0 Å². The van der Waals surface area contributed by atoms with Gasteiger partial charge in [-0.3, -0.25) is 34.5 Å². The van der Waals surface area contributed by atoms with Gasteiger partial charge in [-0.05, 0) is 69.5 Å². The zero-order valence-electron chi connectivity index (χ0n) is 67.9. The molecule has 9 aromatic heterocycles. The van der Waals surface area contributed by atoms with E-state index in [4.69, 9.17) is 83.4 Å². The first-order valence-electron chi connectivity index (χ1n) is 40.0. The Balaban J connectivity index is 0.000000137. The highest BCUT2D eigenvalue weighted by Gasteiger charge is 2.45. The number of hydrogen-bond acceptors (Lipinski definition) is 26. The number of halogens is 6. The molecule has 0 radical (unpaired) electrons. The fourth-order valence-electron chi connectivity index (χ4n) is 16.0. The topological polar surface area (TPSA) is 346 Å². The van der Waals surface area contributed by atoms with Crippen molar-refractivity contribution in [2.24, 2.45) is 11.3 Å². The maximum Gasteiger partial charge on any atom is 0.319 e. The van der Waals surface area contributed by atoms with Gasteiger partial charge in [0, 0.05) is 172 Å². The Kier molecular flexibility index (Phi) is 24.0. The van der Waals surface area contributed by atoms with Crippen LogP contribution in [0.15, 0.2) is 124 Å². The molecule has 0 saturated carbocycles. The molecular formula is C84H86Cl3F3N24O9. The number of aromatic amines is 3. The number of rotatable bonds is 20. The largest absolute Gasteiger partial charge is 0.463 e. The summed E-state index contributed by atoms with van der Waals surface area (Å²) in [6, 6.07) is 9.82. The van der Waals surface area contributed by atoms with E-state index in [1.807, 2.05) is 17.9 Å². The quantitative estimate of drug-likeness (QED) is 0.0597. The predicted molar refractivity (Wildman–Crippen MR) is 459 cm³/mol. The summed E-state index contributed by atoms with van der Waals surface area (Å²) in [6.45, 7) is 35.1. The molecule has 3 N–H and O–H groups in total. The number of pyridine rings is 3. The lowest BCUT2D eigenvalue weighted by atomic mass is 9.76. The number of aromatic nitrogens is 15. The lowest BCUT2D eigenvalue weighted by Crippen LogP contribution is -2.61. The van der Waals surface area contributed by atoms with Crippen molar-refractivity contribution < 1.29 is 56.0 Å². The number of likely N-dealkylation sites (tertiary alicyclic amines) is 2. The van der Waals surface area contributed by atoms with Crippen LogP contribution in [0.5, 0.6) is 46.9 Å². The summed E-state index contributed by atoms with van der Waals surface area (Å²) < 4.78 is 74.7. The van der Waals surface area contributed by atoms with Gasteiger partial charge in [0.1, 0.15) is 73.1 Å². The molecule has 18 rings (SSSR count). The molecule has 6 saturated heterocycles. The van der Waals surface area contributed by atoms with Gasteiger partial charge in [-0.2, -0.15) is 40.2 Å². The van der Waals surface area contributed by atoms with Gasteiger partial charge in [-0.1, -0.05) is 75.0 Å². The van der Waals surface area contributed by atoms with Gasteiger partial charge in [0.05, 0.1) is 80.1 Å². The minimum atomic E-state index is -0.675. The van der Waals surface area contributed by atoms with Crippen LogP contribution in [-0.2, 0) is 19.2 Å². The van der Waals surface area contributed by atoms with Crippen molar-refractivity contribution in [1.29, 1.82) is 0 Å². The number of benzene rings is 3. The summed E-state index contributed by atoms with van der Waals surface area (Å²) in [5.74, 6) is 0.979. The normalized spacial score (nSPS) is 17.7. The fourth-order valence-corrected chi connectivity index (χ4v) is 16.6. The van der Waals surface area contributed by atoms with Crippen molar-refractivity contribution >= 4 is 147 Å². The number of carbonyl (C=O) groups is 4. The van der Waals surface area contributed by atoms with Gasteiger partial charge in [0.25, 0.3) is 0 Å². The average Bonchev–Trinajstić information content (AvgIpc) is 1.73. The zero-order chi connectivity index (χ0) is 86.2. The Morgan fingerprint density at radius 1 is 0.512 bits per heavy atom. The summed E-state index contributed by atoms with van der Waals surface area (Å²) in [5.41, 5.74) is 3.60. The number of amides is 4. The number of carbonyl (C=O) groups excluding carboxylic acids is 4. The second kappa shape index (κ2) is 35.2. The number of piperazine rings is 3. The summed E-state index contributed by atoms with van der Waals surface area (Å²) in [5, 5.41) is 23.1. The lowest BCUT2D eigenvalue weighted by Gasteiger charge is -2.53. The molecule has 3 aromatic carbocycles. The van der Waals surface area contributed by atoms with E-state index in [1.54, 1.807) is 57.2 Å². The van der Waals surface area contributed by atoms with Crippen LogP contribution in [0.4, 0.5) is 36.6 Å². The first kappa shape index (κ1) is 83.7. The van der Waals surface area contributed by atoms with Gasteiger partial charge < -0.3 is 67.8 Å². The molecule has 0 bridgehead atoms. The molecule has 6 aliphatic heterocycles. The van der Waals surface area contributed by atoms with Crippen molar-refractivity contribution in [3.63, 3.8) is 0 Å². The number of ether oxygens (including phenoxy) is 5. The molecule has 33 nitrogen and oxygen atoms in total. The number of nitrogens with zero attached hydrogens (tertiary/aromatic N) is 21. The van der Waals surface area contributed by atoms with Crippen molar-refractivity contribution in [3.8, 4) is 46.9 Å². The Bertz CT molecular complexity index is 6150. The maximum atomic E-state index is 14.6. The molecule has 3 atom stereocenters. The third-order valence-corrected chi connectivity index (χ3v) is 24.1.